The molecule has 38 heavy (non-hydrogen) atoms. The summed E-state index contributed by atoms with van der Waals surface area (Å²) in [4.78, 5) is 34.8. The summed E-state index contributed by atoms with van der Waals surface area (Å²) in [5.41, 5.74) is 0.889. The molecule has 2 aliphatic rings. The second-order valence-electron chi connectivity index (χ2n) is 11.1. The minimum Gasteiger partial charge on any atom is -0.465 e. The molecule has 2 N–H and O–H groups in total. The van der Waals surface area contributed by atoms with Crippen LogP contribution in [0.25, 0.3) is 0 Å². The van der Waals surface area contributed by atoms with Crippen LogP contribution in [0.5, 0.6) is 0 Å². The Bertz CT molecular complexity index is 1060. The normalized spacial score (nSPS) is 24.4. The molecule has 206 valence electrons. The molecule has 8 nitrogen and oxygen atoms in total. The van der Waals surface area contributed by atoms with Crippen LogP contribution in [0.4, 0.5) is 0 Å². The standard InChI is InChI=1S/C15H19NO4.C15H21NO2/c1-15(16(18)19,10-12-6-3-2-4-7-12)11-13-8-5-9-20-14(13)17;1-15(10-12-6-3-2-4-7-12)11-13(8-5-9-17)14(18)16-15/h2-4,6-7,13H,5,8-11H2,1H3;2-4,6-7,13,17H,5,8-11H2,1H3,(H,16,18). The highest BCUT2D eigenvalue weighted by molar-refractivity contribution is 5.82. The Morgan fingerprint density at radius 2 is 1.71 bits per heavy atom. The zero-order chi connectivity index (χ0) is 27.6. The van der Waals surface area contributed by atoms with E-state index in [-0.39, 0.29) is 47.2 Å². The summed E-state index contributed by atoms with van der Waals surface area (Å²) in [5, 5.41) is 23.4. The number of cyclic esters (lactones) is 1. The summed E-state index contributed by atoms with van der Waals surface area (Å²) in [6.07, 6.45) is 5.24. The average Bonchev–Trinajstić information content (AvgIpc) is 3.18. The molecule has 4 atom stereocenters. The third-order valence-corrected chi connectivity index (χ3v) is 7.47. The molecule has 0 saturated carbocycles. The topological polar surface area (TPSA) is 119 Å². The van der Waals surface area contributed by atoms with Crippen molar-refractivity contribution in [2.24, 2.45) is 11.8 Å². The molecule has 4 unspecified atom stereocenters. The average molecular weight is 525 g/mol. The number of hydrogen-bond acceptors (Lipinski definition) is 6. The molecule has 0 spiro atoms. The Morgan fingerprint density at radius 1 is 1.08 bits per heavy atom. The lowest BCUT2D eigenvalue weighted by molar-refractivity contribution is -0.567. The van der Waals surface area contributed by atoms with Crippen molar-refractivity contribution in [3.63, 3.8) is 0 Å². The number of rotatable bonds is 10. The summed E-state index contributed by atoms with van der Waals surface area (Å²) in [7, 11) is 0. The number of amides is 1. The Balaban J connectivity index is 0.000000212. The third-order valence-electron chi connectivity index (χ3n) is 7.47. The quantitative estimate of drug-likeness (QED) is 0.268. The Kier molecular flexibility index (Phi) is 10.4. The van der Waals surface area contributed by atoms with Crippen molar-refractivity contribution >= 4 is 11.9 Å². The number of hydrogen-bond donors (Lipinski definition) is 2. The lowest BCUT2D eigenvalue weighted by Crippen LogP contribution is -2.42. The van der Waals surface area contributed by atoms with Crippen LogP contribution in [-0.2, 0) is 27.2 Å². The molecule has 2 fully saturated rings. The van der Waals surface area contributed by atoms with Gasteiger partial charge in [-0.25, -0.2) is 0 Å². The second-order valence-corrected chi connectivity index (χ2v) is 11.1. The van der Waals surface area contributed by atoms with Crippen LogP contribution >= 0.6 is 0 Å². The van der Waals surface area contributed by atoms with Gasteiger partial charge < -0.3 is 15.2 Å². The van der Waals surface area contributed by atoms with E-state index >= 15 is 0 Å². The van der Waals surface area contributed by atoms with Crippen LogP contribution < -0.4 is 5.32 Å². The van der Waals surface area contributed by atoms with E-state index in [0.717, 1.165) is 31.2 Å². The molecule has 0 aliphatic carbocycles. The number of carbonyl (C=O) groups is 2. The van der Waals surface area contributed by atoms with Crippen LogP contribution in [0.3, 0.4) is 0 Å². The molecule has 1 amide bonds. The summed E-state index contributed by atoms with van der Waals surface area (Å²) in [6.45, 7) is 4.32. The van der Waals surface area contributed by atoms with Gasteiger partial charge in [-0.1, -0.05) is 60.7 Å². The fraction of sp³-hybridized carbons (Fsp3) is 0.533. The maximum atomic E-state index is 11.9. The predicted molar refractivity (Wildman–Crippen MR) is 145 cm³/mol. The van der Waals surface area contributed by atoms with Crippen molar-refractivity contribution in [1.29, 1.82) is 0 Å². The molecular weight excluding hydrogens is 484 g/mol. The predicted octanol–water partition coefficient (Wildman–Crippen LogP) is 4.50. The highest BCUT2D eigenvalue weighted by Crippen LogP contribution is 2.31. The van der Waals surface area contributed by atoms with Crippen LogP contribution in [0.1, 0.15) is 63.5 Å². The SMILES string of the molecule is CC(Cc1ccccc1)(CC1CCCOC1=O)[N+](=O)[O-].CC1(Cc2ccccc2)CC(CCCO)C(=O)N1. The van der Waals surface area contributed by atoms with Crippen molar-refractivity contribution in [2.75, 3.05) is 13.2 Å². The number of carbonyl (C=O) groups excluding carboxylic acids is 2. The molecule has 0 radical (unpaired) electrons. The van der Waals surface area contributed by atoms with Crippen LogP contribution in [-0.4, -0.2) is 46.2 Å². The first kappa shape index (κ1) is 29.3. The highest BCUT2D eigenvalue weighted by Gasteiger charge is 2.43. The van der Waals surface area contributed by atoms with E-state index in [1.165, 1.54) is 5.56 Å². The maximum Gasteiger partial charge on any atom is 0.309 e. The minimum absolute atomic E-state index is 0.0610. The summed E-state index contributed by atoms with van der Waals surface area (Å²) in [5.74, 6) is -0.451. The van der Waals surface area contributed by atoms with Gasteiger partial charge in [0.2, 0.25) is 11.4 Å². The number of nitro groups is 1. The lowest BCUT2D eigenvalue weighted by atomic mass is 9.82. The van der Waals surface area contributed by atoms with E-state index in [1.807, 2.05) is 48.5 Å². The van der Waals surface area contributed by atoms with Crippen molar-refractivity contribution < 1.29 is 24.4 Å². The van der Waals surface area contributed by atoms with Gasteiger partial charge in [-0.05, 0) is 56.6 Å². The van der Waals surface area contributed by atoms with Crippen molar-refractivity contribution in [1.82, 2.24) is 5.32 Å². The number of benzene rings is 2. The van der Waals surface area contributed by atoms with Gasteiger partial charge in [0, 0.05) is 42.8 Å². The van der Waals surface area contributed by atoms with Gasteiger partial charge in [-0.15, -0.1) is 0 Å². The summed E-state index contributed by atoms with van der Waals surface area (Å²) >= 11 is 0. The number of nitrogens with zero attached hydrogens (tertiary/aromatic N) is 1. The van der Waals surface area contributed by atoms with Gasteiger partial charge in [-0.3, -0.25) is 19.7 Å². The molecular formula is C30H40N2O6. The first-order valence-corrected chi connectivity index (χ1v) is 13.5. The monoisotopic (exact) mass is 524 g/mol. The number of ether oxygens (including phenoxy) is 1. The zero-order valence-electron chi connectivity index (χ0n) is 22.4. The number of esters is 1. The molecule has 0 aromatic heterocycles. The molecule has 2 saturated heterocycles. The first-order chi connectivity index (χ1) is 18.1. The number of aliphatic hydroxyl groups is 1. The first-order valence-electron chi connectivity index (χ1n) is 13.5. The molecule has 0 bridgehead atoms. The van der Waals surface area contributed by atoms with Crippen LogP contribution in [0.2, 0.25) is 0 Å². The van der Waals surface area contributed by atoms with Gasteiger partial charge in [0.15, 0.2) is 0 Å². The van der Waals surface area contributed by atoms with E-state index < -0.39 is 5.54 Å². The van der Waals surface area contributed by atoms with E-state index in [2.05, 4.69) is 24.4 Å². The summed E-state index contributed by atoms with van der Waals surface area (Å²) < 4.78 is 5.00. The van der Waals surface area contributed by atoms with Gasteiger partial charge in [0.05, 0.1) is 12.5 Å². The van der Waals surface area contributed by atoms with Crippen molar-refractivity contribution in [2.45, 2.75) is 76.3 Å². The maximum absolute atomic E-state index is 11.9. The summed E-state index contributed by atoms with van der Waals surface area (Å²) in [6, 6.07) is 19.6. The lowest BCUT2D eigenvalue weighted by Gasteiger charge is -2.27. The molecule has 4 rings (SSSR count). The number of aliphatic hydroxyl groups excluding tert-OH is 1. The van der Waals surface area contributed by atoms with Gasteiger partial charge >= 0.3 is 5.97 Å². The van der Waals surface area contributed by atoms with Crippen molar-refractivity contribution in [3.8, 4) is 0 Å². The molecule has 2 aromatic rings. The van der Waals surface area contributed by atoms with E-state index in [0.29, 0.717) is 25.9 Å². The van der Waals surface area contributed by atoms with E-state index in [4.69, 9.17) is 9.84 Å². The van der Waals surface area contributed by atoms with Gasteiger partial charge in [0.1, 0.15) is 0 Å². The third kappa shape index (κ3) is 8.38. The van der Waals surface area contributed by atoms with Gasteiger partial charge in [0.25, 0.3) is 0 Å². The highest BCUT2D eigenvalue weighted by atomic mass is 16.6. The smallest absolute Gasteiger partial charge is 0.309 e. The fourth-order valence-corrected chi connectivity index (χ4v) is 5.52. The minimum atomic E-state index is -1.14. The second kappa shape index (κ2) is 13.5. The zero-order valence-corrected chi connectivity index (χ0v) is 22.4. The van der Waals surface area contributed by atoms with Gasteiger partial charge in [-0.2, -0.15) is 0 Å². The van der Waals surface area contributed by atoms with E-state index in [9.17, 15) is 19.7 Å². The van der Waals surface area contributed by atoms with Crippen molar-refractivity contribution in [3.05, 3.63) is 81.9 Å². The Hall–Kier alpha value is -3.26. The van der Waals surface area contributed by atoms with Crippen LogP contribution in [0.15, 0.2) is 60.7 Å². The van der Waals surface area contributed by atoms with E-state index in [1.54, 1.807) is 6.92 Å². The molecule has 2 aliphatic heterocycles. The molecule has 2 heterocycles. The van der Waals surface area contributed by atoms with Crippen LogP contribution in [0, 0.1) is 22.0 Å². The number of nitrogens with one attached hydrogen (secondary N) is 1. The Labute approximate surface area is 224 Å². The largest absolute Gasteiger partial charge is 0.465 e. The molecule has 8 heteroatoms. The fourth-order valence-electron chi connectivity index (χ4n) is 5.52. The molecule has 2 aromatic carbocycles. The Morgan fingerprint density at radius 3 is 2.29 bits per heavy atom.